The Morgan fingerprint density at radius 2 is 1.88 bits per heavy atom. The molecule has 0 saturated heterocycles. The first-order valence-corrected chi connectivity index (χ1v) is 4.96. The molecule has 0 aromatic rings. The van der Waals surface area contributed by atoms with E-state index >= 15 is 0 Å². The summed E-state index contributed by atoms with van der Waals surface area (Å²) in [7, 11) is 1.47. The standard InChI is InChI=1S/C9H18FN3O3/c1-5(14)4-12-8(15)9(16)13-7(11-3)6(2)10/h5-7,11,14H,4H2,1-3H3,(H,12,15)(H,13,16)/t5?,6-,7?/m1/s1. The third kappa shape index (κ3) is 5.62. The van der Waals surface area contributed by atoms with Gasteiger partial charge >= 0.3 is 11.8 Å². The number of carbonyl (C=O) groups excluding carboxylic acids is 2. The van der Waals surface area contributed by atoms with Crippen molar-refractivity contribution in [2.75, 3.05) is 13.6 Å². The van der Waals surface area contributed by atoms with Crippen LogP contribution < -0.4 is 16.0 Å². The lowest BCUT2D eigenvalue weighted by molar-refractivity contribution is -0.140. The van der Waals surface area contributed by atoms with Gasteiger partial charge in [0.1, 0.15) is 12.3 Å². The minimum atomic E-state index is -1.32. The molecular weight excluding hydrogens is 217 g/mol. The van der Waals surface area contributed by atoms with Crippen molar-refractivity contribution >= 4 is 11.8 Å². The quantitative estimate of drug-likeness (QED) is 0.345. The van der Waals surface area contributed by atoms with Gasteiger partial charge in [0.15, 0.2) is 0 Å². The van der Waals surface area contributed by atoms with Crippen LogP contribution in [-0.2, 0) is 9.59 Å². The van der Waals surface area contributed by atoms with Crippen LogP contribution in [0.5, 0.6) is 0 Å². The van der Waals surface area contributed by atoms with Gasteiger partial charge in [-0.05, 0) is 20.9 Å². The molecule has 0 aliphatic carbocycles. The van der Waals surface area contributed by atoms with Gasteiger partial charge in [-0.1, -0.05) is 0 Å². The Kier molecular flexibility index (Phi) is 6.59. The Morgan fingerprint density at radius 3 is 2.25 bits per heavy atom. The highest BCUT2D eigenvalue weighted by molar-refractivity contribution is 6.35. The molecule has 0 rings (SSSR count). The molecule has 4 N–H and O–H groups in total. The molecule has 2 unspecified atom stereocenters. The van der Waals surface area contributed by atoms with Crippen molar-refractivity contribution in [3.8, 4) is 0 Å². The van der Waals surface area contributed by atoms with Gasteiger partial charge < -0.3 is 15.7 Å². The van der Waals surface area contributed by atoms with Crippen molar-refractivity contribution in [3.05, 3.63) is 0 Å². The molecule has 6 nitrogen and oxygen atoms in total. The summed E-state index contributed by atoms with van der Waals surface area (Å²) >= 11 is 0. The molecule has 0 fully saturated rings. The van der Waals surface area contributed by atoms with Crippen molar-refractivity contribution < 1.29 is 19.1 Å². The van der Waals surface area contributed by atoms with Gasteiger partial charge in [0.25, 0.3) is 0 Å². The maximum absolute atomic E-state index is 12.9. The Morgan fingerprint density at radius 1 is 1.31 bits per heavy atom. The Labute approximate surface area is 93.6 Å². The van der Waals surface area contributed by atoms with Crippen molar-refractivity contribution in [1.82, 2.24) is 16.0 Å². The smallest absolute Gasteiger partial charge is 0.310 e. The van der Waals surface area contributed by atoms with E-state index in [4.69, 9.17) is 5.11 Å². The minimum absolute atomic E-state index is 0.0261. The highest BCUT2D eigenvalue weighted by atomic mass is 19.1. The topological polar surface area (TPSA) is 90.5 Å². The number of amides is 2. The summed E-state index contributed by atoms with van der Waals surface area (Å²) in [6.07, 6.45) is -2.97. The van der Waals surface area contributed by atoms with Crippen LogP contribution in [0.15, 0.2) is 0 Å². The lowest BCUT2D eigenvalue weighted by atomic mass is 10.3. The van der Waals surface area contributed by atoms with Crippen molar-refractivity contribution in [2.45, 2.75) is 32.3 Å². The Bertz CT molecular complexity index is 246. The number of nitrogens with one attached hydrogen (secondary N) is 3. The summed E-state index contributed by atoms with van der Waals surface area (Å²) < 4.78 is 12.9. The number of halogens is 1. The molecule has 7 heteroatoms. The number of alkyl halides is 1. The average molecular weight is 235 g/mol. The molecule has 0 aliphatic rings. The van der Waals surface area contributed by atoms with Crippen LogP contribution in [0.4, 0.5) is 4.39 Å². The van der Waals surface area contributed by atoms with E-state index in [1.165, 1.54) is 20.9 Å². The Balaban J connectivity index is 4.09. The van der Waals surface area contributed by atoms with Crippen molar-refractivity contribution in [2.24, 2.45) is 0 Å². The molecule has 0 aliphatic heterocycles. The minimum Gasteiger partial charge on any atom is -0.392 e. The third-order valence-corrected chi connectivity index (χ3v) is 1.82. The van der Waals surface area contributed by atoms with Crippen LogP contribution in [0.1, 0.15) is 13.8 Å². The van der Waals surface area contributed by atoms with E-state index in [0.29, 0.717) is 0 Å². The normalized spacial score (nSPS) is 16.1. The fourth-order valence-electron chi connectivity index (χ4n) is 0.944. The zero-order valence-corrected chi connectivity index (χ0v) is 9.58. The van der Waals surface area contributed by atoms with Gasteiger partial charge in [0.05, 0.1) is 6.10 Å². The molecule has 2 amide bonds. The zero-order chi connectivity index (χ0) is 12.7. The molecule has 16 heavy (non-hydrogen) atoms. The number of hydrogen-bond acceptors (Lipinski definition) is 4. The Hall–Kier alpha value is -1.21. The number of aliphatic hydroxyl groups is 1. The van der Waals surface area contributed by atoms with Crippen LogP contribution in [0, 0.1) is 0 Å². The molecule has 94 valence electrons. The fourth-order valence-corrected chi connectivity index (χ4v) is 0.944. The highest BCUT2D eigenvalue weighted by Gasteiger charge is 2.21. The van der Waals surface area contributed by atoms with Crippen LogP contribution >= 0.6 is 0 Å². The molecule has 0 saturated carbocycles. The predicted octanol–water partition coefficient (Wildman–Crippen LogP) is -1.50. The number of rotatable bonds is 5. The van der Waals surface area contributed by atoms with Gasteiger partial charge in [0, 0.05) is 6.54 Å². The van der Waals surface area contributed by atoms with E-state index in [1.807, 2.05) is 0 Å². The fraction of sp³-hybridized carbons (Fsp3) is 0.778. The van der Waals surface area contributed by atoms with Crippen LogP contribution in [0.25, 0.3) is 0 Å². The molecule has 0 bridgehead atoms. The molecule has 0 aromatic carbocycles. The monoisotopic (exact) mass is 235 g/mol. The van der Waals surface area contributed by atoms with Crippen LogP contribution in [0.2, 0.25) is 0 Å². The zero-order valence-electron chi connectivity index (χ0n) is 9.58. The van der Waals surface area contributed by atoms with E-state index in [2.05, 4.69) is 16.0 Å². The average Bonchev–Trinajstić information content (AvgIpc) is 2.21. The van der Waals surface area contributed by atoms with Crippen LogP contribution in [-0.4, -0.2) is 49.0 Å². The summed E-state index contributed by atoms with van der Waals surface area (Å²) in [5, 5.41) is 15.8. The largest absolute Gasteiger partial charge is 0.392 e. The summed E-state index contributed by atoms with van der Waals surface area (Å²) in [6.45, 7) is 2.70. The molecule has 0 aromatic heterocycles. The van der Waals surface area contributed by atoms with Crippen molar-refractivity contribution in [3.63, 3.8) is 0 Å². The third-order valence-electron chi connectivity index (χ3n) is 1.82. The van der Waals surface area contributed by atoms with Gasteiger partial charge in [-0.15, -0.1) is 0 Å². The second-order valence-corrected chi connectivity index (χ2v) is 3.48. The number of aliphatic hydroxyl groups excluding tert-OH is 1. The first-order valence-electron chi connectivity index (χ1n) is 4.96. The van der Waals surface area contributed by atoms with E-state index in [9.17, 15) is 14.0 Å². The van der Waals surface area contributed by atoms with Gasteiger partial charge in [0.2, 0.25) is 0 Å². The van der Waals surface area contributed by atoms with E-state index < -0.39 is 30.3 Å². The lowest BCUT2D eigenvalue weighted by Crippen LogP contribution is -2.53. The first-order chi connectivity index (χ1) is 7.38. The van der Waals surface area contributed by atoms with Crippen LogP contribution in [0.3, 0.4) is 0 Å². The summed E-state index contributed by atoms with van der Waals surface area (Å²) in [5.41, 5.74) is 0. The molecule has 0 heterocycles. The van der Waals surface area contributed by atoms with Gasteiger partial charge in [-0.3, -0.25) is 14.9 Å². The van der Waals surface area contributed by atoms with E-state index in [0.717, 1.165) is 0 Å². The predicted molar refractivity (Wildman–Crippen MR) is 56.3 cm³/mol. The lowest BCUT2D eigenvalue weighted by Gasteiger charge is -2.18. The maximum atomic E-state index is 12.9. The summed E-state index contributed by atoms with van der Waals surface area (Å²) in [6, 6.07) is 0. The number of hydrogen-bond donors (Lipinski definition) is 4. The highest BCUT2D eigenvalue weighted by Crippen LogP contribution is 1.93. The number of carbonyl (C=O) groups is 2. The van der Waals surface area contributed by atoms with Gasteiger partial charge in [-0.2, -0.15) is 0 Å². The second-order valence-electron chi connectivity index (χ2n) is 3.48. The molecule has 3 atom stereocenters. The van der Waals surface area contributed by atoms with Crippen molar-refractivity contribution in [1.29, 1.82) is 0 Å². The summed E-state index contributed by atoms with van der Waals surface area (Å²) in [4.78, 5) is 22.4. The first kappa shape index (κ1) is 14.8. The second kappa shape index (κ2) is 7.13. The van der Waals surface area contributed by atoms with Gasteiger partial charge in [-0.25, -0.2) is 4.39 Å². The van der Waals surface area contributed by atoms with E-state index in [1.54, 1.807) is 0 Å². The molecule has 0 spiro atoms. The molecular formula is C9H18FN3O3. The SMILES string of the molecule is CNC(NC(=O)C(=O)NCC(C)O)[C@@H](C)F. The molecule has 0 radical (unpaired) electrons. The summed E-state index contributed by atoms with van der Waals surface area (Å²) in [5.74, 6) is -1.84. The maximum Gasteiger partial charge on any atom is 0.310 e. The van der Waals surface area contributed by atoms with E-state index in [-0.39, 0.29) is 6.54 Å².